The van der Waals surface area contributed by atoms with E-state index in [1.54, 1.807) is 40.0 Å². The molecule has 0 saturated carbocycles. The number of rotatable bonds is 29. The van der Waals surface area contributed by atoms with Gasteiger partial charge in [-0.1, -0.05) is 152 Å². The molecular weight excluding hydrogens is 911 g/mol. The number of esters is 1. The van der Waals surface area contributed by atoms with Crippen LogP contribution in [0, 0.1) is 24.7 Å². The van der Waals surface area contributed by atoms with Crippen molar-refractivity contribution < 1.29 is 47.8 Å². The number of likely N-dealkylation sites (N-methyl/N-ethyl adjacent to an activating group) is 1. The molecular formula is C59H83N3O10. The quantitative estimate of drug-likeness (QED) is 0.0503. The Morgan fingerprint density at radius 3 is 2.04 bits per heavy atom. The third-order valence-corrected chi connectivity index (χ3v) is 14.0. The Hall–Kier alpha value is -5.69. The lowest BCUT2D eigenvalue weighted by Gasteiger charge is -2.31. The molecule has 2 N–H and O–H groups in total. The van der Waals surface area contributed by atoms with E-state index in [2.05, 4.69) is 17.6 Å². The highest BCUT2D eigenvalue weighted by Gasteiger charge is 2.36. The van der Waals surface area contributed by atoms with Gasteiger partial charge in [0.2, 0.25) is 17.7 Å². The fourth-order valence-electron chi connectivity index (χ4n) is 9.50. The molecule has 1 aliphatic rings. The molecule has 0 unspecified atom stereocenters. The van der Waals surface area contributed by atoms with Gasteiger partial charge >= 0.3 is 5.97 Å². The maximum atomic E-state index is 14.5. The highest BCUT2D eigenvalue weighted by molar-refractivity contribution is 5.97. The van der Waals surface area contributed by atoms with Crippen LogP contribution in [0.2, 0.25) is 0 Å². The highest BCUT2D eigenvalue weighted by atomic mass is 16.5. The lowest BCUT2D eigenvalue weighted by molar-refractivity contribution is -0.146. The smallest absolute Gasteiger partial charge is 0.328 e. The van der Waals surface area contributed by atoms with Crippen LogP contribution in [0.25, 0.3) is 11.1 Å². The van der Waals surface area contributed by atoms with Crippen LogP contribution >= 0.6 is 0 Å². The monoisotopic (exact) mass is 994 g/mol. The third-order valence-electron chi connectivity index (χ3n) is 14.0. The molecule has 6 atom stereocenters. The van der Waals surface area contributed by atoms with Gasteiger partial charge in [-0.25, -0.2) is 4.79 Å². The molecule has 394 valence electrons. The first-order valence-corrected chi connectivity index (χ1v) is 26.5. The van der Waals surface area contributed by atoms with Crippen LogP contribution in [0.3, 0.4) is 0 Å². The second-order valence-electron chi connectivity index (χ2n) is 20.1. The van der Waals surface area contributed by atoms with Gasteiger partial charge < -0.3 is 29.7 Å². The van der Waals surface area contributed by atoms with E-state index in [1.807, 2.05) is 61.5 Å². The predicted molar refractivity (Wildman–Crippen MR) is 281 cm³/mol. The van der Waals surface area contributed by atoms with Gasteiger partial charge in [-0.2, -0.15) is 0 Å². The molecule has 3 amide bonds. The SMILES string of the molecule is CCCCCCCCCCCCCCCC(=O)C[C@H](COCc1ccccc1)C(=O)N[C@H](C)C(=O)C[C@@H](C)C(=O)N(C)[C@@H]1C(=O)C[C@@H](C)C(=O)N[C@H](C(=O)OC)Cc2ccc(C)c(c2)-c2cc1ccc2OC. The van der Waals surface area contributed by atoms with Gasteiger partial charge in [0.1, 0.15) is 23.6 Å². The number of hydrogen-bond donors (Lipinski definition) is 2. The molecule has 4 rings (SSSR count). The lowest BCUT2D eigenvalue weighted by atomic mass is 9.88. The lowest BCUT2D eigenvalue weighted by Crippen LogP contribution is -2.46. The summed E-state index contributed by atoms with van der Waals surface area (Å²) < 4.78 is 16.8. The molecule has 0 saturated heterocycles. The summed E-state index contributed by atoms with van der Waals surface area (Å²) in [5, 5.41) is 5.58. The predicted octanol–water partition coefficient (Wildman–Crippen LogP) is 10.4. The van der Waals surface area contributed by atoms with Gasteiger partial charge in [-0.3, -0.25) is 28.8 Å². The molecule has 13 heteroatoms. The van der Waals surface area contributed by atoms with Crippen molar-refractivity contribution in [2.45, 2.75) is 175 Å². The molecule has 0 aliphatic carbocycles. The Morgan fingerprint density at radius 2 is 1.42 bits per heavy atom. The number of ether oxygens (including phenoxy) is 3. The minimum absolute atomic E-state index is 0.00863. The maximum absolute atomic E-state index is 14.5. The second-order valence-corrected chi connectivity index (χ2v) is 20.1. The van der Waals surface area contributed by atoms with E-state index in [0.29, 0.717) is 23.3 Å². The number of nitrogens with zero attached hydrogens (tertiary/aromatic N) is 1. The average molecular weight is 994 g/mol. The molecule has 1 heterocycles. The first-order chi connectivity index (χ1) is 34.6. The van der Waals surface area contributed by atoms with Crippen LogP contribution in [0.15, 0.2) is 66.7 Å². The van der Waals surface area contributed by atoms with Crippen LogP contribution in [0.5, 0.6) is 5.75 Å². The van der Waals surface area contributed by atoms with Crippen molar-refractivity contribution in [3.63, 3.8) is 0 Å². The molecule has 0 spiro atoms. The topological polar surface area (TPSA) is 174 Å². The molecule has 0 radical (unpaired) electrons. The summed E-state index contributed by atoms with van der Waals surface area (Å²) in [5.41, 5.74) is 4.49. The van der Waals surface area contributed by atoms with Gasteiger partial charge in [0.05, 0.1) is 39.4 Å². The molecule has 1 aliphatic heterocycles. The number of unbranched alkanes of at least 4 members (excludes halogenated alkanes) is 12. The van der Waals surface area contributed by atoms with Crippen molar-refractivity contribution >= 4 is 41.0 Å². The van der Waals surface area contributed by atoms with E-state index in [4.69, 9.17) is 14.2 Å². The second kappa shape index (κ2) is 31.0. The number of methoxy groups -OCH3 is 2. The fraction of sp³-hybridized carbons (Fsp3) is 0.576. The van der Waals surface area contributed by atoms with Crippen molar-refractivity contribution in [2.75, 3.05) is 27.9 Å². The maximum Gasteiger partial charge on any atom is 0.328 e. The summed E-state index contributed by atoms with van der Waals surface area (Å²) in [6.07, 6.45) is 15.6. The van der Waals surface area contributed by atoms with Crippen LogP contribution < -0.4 is 15.4 Å². The van der Waals surface area contributed by atoms with Gasteiger partial charge in [-0.05, 0) is 60.2 Å². The average Bonchev–Trinajstić information content (AvgIpc) is 3.37. The summed E-state index contributed by atoms with van der Waals surface area (Å²) in [6, 6.07) is 17.3. The number of carbonyl (C=O) groups excluding carboxylic acids is 7. The van der Waals surface area contributed by atoms with E-state index < -0.39 is 71.1 Å². The number of hydrogen-bond acceptors (Lipinski definition) is 10. The number of amides is 3. The third kappa shape index (κ3) is 18.7. The van der Waals surface area contributed by atoms with Crippen LogP contribution in [0.1, 0.15) is 165 Å². The summed E-state index contributed by atoms with van der Waals surface area (Å²) in [4.78, 5) is 97.6. The van der Waals surface area contributed by atoms with E-state index in [-0.39, 0.29) is 44.7 Å². The minimum Gasteiger partial charge on any atom is -0.496 e. The Balaban J connectivity index is 1.43. The Bertz CT molecular complexity index is 2240. The molecule has 0 aromatic heterocycles. The van der Waals surface area contributed by atoms with Crippen molar-refractivity contribution in [1.29, 1.82) is 0 Å². The molecule has 3 aromatic carbocycles. The zero-order valence-corrected chi connectivity index (χ0v) is 44.5. The summed E-state index contributed by atoms with van der Waals surface area (Å²) in [5.74, 6) is -5.06. The first kappa shape index (κ1) is 58.9. The summed E-state index contributed by atoms with van der Waals surface area (Å²) in [7, 11) is 4.30. The van der Waals surface area contributed by atoms with Crippen LogP contribution in [0.4, 0.5) is 0 Å². The zero-order valence-electron chi connectivity index (χ0n) is 44.5. The van der Waals surface area contributed by atoms with Crippen LogP contribution in [-0.4, -0.2) is 85.9 Å². The van der Waals surface area contributed by atoms with Gasteiger partial charge in [0.25, 0.3) is 0 Å². The molecule has 4 bridgehead atoms. The number of fused-ring (bicyclic) bond motifs is 5. The normalized spacial score (nSPS) is 17.1. The Morgan fingerprint density at radius 1 is 0.778 bits per heavy atom. The zero-order chi connectivity index (χ0) is 52.6. The van der Waals surface area contributed by atoms with Gasteiger partial charge in [-0.15, -0.1) is 0 Å². The highest BCUT2D eigenvalue weighted by Crippen LogP contribution is 2.38. The Labute approximate surface area is 429 Å². The molecule has 13 nitrogen and oxygen atoms in total. The largest absolute Gasteiger partial charge is 0.496 e. The van der Waals surface area contributed by atoms with Gasteiger partial charge in [0.15, 0.2) is 11.6 Å². The number of aryl methyl sites for hydroxylation is 1. The number of carbonyl (C=O) groups is 7. The van der Waals surface area contributed by atoms with E-state index >= 15 is 0 Å². The minimum atomic E-state index is -1.16. The first-order valence-electron chi connectivity index (χ1n) is 26.5. The Kier molecular flexibility index (Phi) is 25.4. The summed E-state index contributed by atoms with van der Waals surface area (Å²) in [6.45, 7) is 9.17. The van der Waals surface area contributed by atoms with E-state index in [0.717, 1.165) is 47.9 Å². The number of Topliss-reactive ketones (excluding diaryl/α,β-unsaturated/α-hetero) is 3. The molecule has 3 aromatic rings. The van der Waals surface area contributed by atoms with Crippen LogP contribution in [-0.2, 0) is 56.1 Å². The van der Waals surface area contributed by atoms with Crippen molar-refractivity contribution in [1.82, 2.24) is 15.5 Å². The summed E-state index contributed by atoms with van der Waals surface area (Å²) >= 11 is 0. The number of ketones is 3. The van der Waals surface area contributed by atoms with E-state index in [9.17, 15) is 33.6 Å². The van der Waals surface area contributed by atoms with Crippen molar-refractivity contribution in [2.24, 2.45) is 17.8 Å². The fourth-order valence-corrected chi connectivity index (χ4v) is 9.50. The number of nitrogens with one attached hydrogen (secondary N) is 2. The van der Waals surface area contributed by atoms with Gasteiger partial charge in [0, 0.05) is 56.6 Å². The molecule has 0 fully saturated rings. The standard InChI is InChI=1S/C59H83N3O10/c1-9-10-11-12-13-14-15-16-17-18-19-20-24-27-48(63)36-47(39-72-38-44-25-22-21-23-26-44)57(67)60-43(5)52(64)33-42(4)58(68)62(6)55-46-30-31-54(70-7)50(37-46)49-34-45(29-28-40(49)2)35-51(59(69)71-8)61-56(66)41(3)32-53(55)65/h21-23,25-26,28-31,34,37,41-43,47,51,55H,9-20,24,27,32-33,35-36,38-39H2,1-8H3,(H,60,67)(H,61,66)/t41-,42-,43-,47-,51+,55+/m1/s1. The number of benzene rings is 3. The molecule has 72 heavy (non-hydrogen) atoms. The van der Waals surface area contributed by atoms with E-state index in [1.165, 1.54) is 76.8 Å². The van der Waals surface area contributed by atoms with Crippen molar-refractivity contribution in [3.05, 3.63) is 89.0 Å². The van der Waals surface area contributed by atoms with Crippen molar-refractivity contribution in [3.8, 4) is 16.9 Å².